The van der Waals surface area contributed by atoms with Crippen molar-refractivity contribution in [2.24, 2.45) is 5.16 Å². The second kappa shape index (κ2) is 2.12. The van der Waals surface area contributed by atoms with Crippen LogP contribution in [0.5, 0.6) is 0 Å². The molecule has 1 heterocycles. The van der Waals surface area contributed by atoms with Crippen LogP contribution in [0, 0.1) is 5.21 Å². The molecule has 0 amide bonds. The number of hydrogen-bond acceptors (Lipinski definition) is 5. The molecule has 1 N–H and O–H groups in total. The molecule has 1 aromatic heterocycles. The zero-order chi connectivity index (χ0) is 6.69. The maximum atomic E-state index is 10.1. The first-order valence-corrected chi connectivity index (χ1v) is 2.07. The van der Waals surface area contributed by atoms with Crippen molar-refractivity contribution < 1.29 is 14.7 Å². The molecule has 0 unspecified atom stereocenters. The van der Waals surface area contributed by atoms with Gasteiger partial charge in [-0.25, -0.2) is 0 Å². The summed E-state index contributed by atoms with van der Waals surface area (Å²) in [5, 5.41) is 23.8. The molecule has 48 valence electrons. The average molecular weight is 129 g/mol. The number of aromatic nitrogens is 2. The van der Waals surface area contributed by atoms with Gasteiger partial charge in [-0.05, 0) is 4.90 Å². The highest BCUT2D eigenvalue weighted by molar-refractivity contribution is 5.74. The molecule has 0 radical (unpaired) electrons. The molecular weight excluding hydrogens is 126 g/mol. The van der Waals surface area contributed by atoms with E-state index in [1.807, 2.05) is 0 Å². The van der Waals surface area contributed by atoms with Crippen LogP contribution < -0.4 is 4.90 Å². The normalized spacial score (nSPS) is 10.7. The van der Waals surface area contributed by atoms with Crippen LogP contribution in [0.2, 0.25) is 0 Å². The lowest BCUT2D eigenvalue weighted by molar-refractivity contribution is -0.802. The van der Waals surface area contributed by atoms with Gasteiger partial charge in [-0.2, -0.15) is 0 Å². The topological polar surface area (TPSA) is 85.6 Å². The van der Waals surface area contributed by atoms with Crippen LogP contribution in [0.3, 0.4) is 0 Å². The first-order chi connectivity index (χ1) is 4.33. The van der Waals surface area contributed by atoms with Gasteiger partial charge in [0.1, 0.15) is 6.21 Å². The summed E-state index contributed by atoms with van der Waals surface area (Å²) >= 11 is 0. The molecule has 1 aromatic rings. The van der Waals surface area contributed by atoms with Gasteiger partial charge in [0.05, 0.1) is 0 Å². The zero-order valence-corrected chi connectivity index (χ0v) is 4.26. The molecule has 0 aromatic carbocycles. The molecule has 0 fully saturated rings. The molecule has 0 aliphatic carbocycles. The molecule has 0 spiro atoms. The molecule has 6 nitrogen and oxygen atoms in total. The van der Waals surface area contributed by atoms with E-state index < -0.39 is 0 Å². The Morgan fingerprint density at radius 3 is 3.22 bits per heavy atom. The van der Waals surface area contributed by atoms with Crippen molar-refractivity contribution in [3.63, 3.8) is 0 Å². The van der Waals surface area contributed by atoms with Crippen LogP contribution in [0.15, 0.2) is 16.0 Å². The Morgan fingerprint density at radius 1 is 2.00 bits per heavy atom. The third-order valence-corrected chi connectivity index (χ3v) is 0.654. The van der Waals surface area contributed by atoms with E-state index in [9.17, 15) is 5.21 Å². The van der Waals surface area contributed by atoms with Gasteiger partial charge in [0.15, 0.2) is 6.20 Å². The molecule has 0 aliphatic rings. The van der Waals surface area contributed by atoms with Gasteiger partial charge < -0.3 is 10.4 Å². The molecule has 6 heteroatoms. The first-order valence-electron chi connectivity index (χ1n) is 2.07. The van der Waals surface area contributed by atoms with Gasteiger partial charge in [-0.3, -0.25) is 4.63 Å². The Labute approximate surface area is 49.5 Å². The van der Waals surface area contributed by atoms with E-state index in [4.69, 9.17) is 5.21 Å². The van der Waals surface area contributed by atoms with Crippen molar-refractivity contribution in [3.8, 4) is 0 Å². The Bertz CT molecular complexity index is 218. The lowest BCUT2D eigenvalue weighted by atomic mass is 10.5. The van der Waals surface area contributed by atoms with E-state index in [1.54, 1.807) is 0 Å². The van der Waals surface area contributed by atoms with Crippen molar-refractivity contribution in [2.45, 2.75) is 0 Å². The smallest absolute Gasteiger partial charge is 0.262 e. The summed E-state index contributed by atoms with van der Waals surface area (Å²) in [4.78, 5) is 0.150. The van der Waals surface area contributed by atoms with Gasteiger partial charge >= 0.3 is 0 Å². The summed E-state index contributed by atoms with van der Waals surface area (Å²) in [6.45, 7) is 0. The number of hydrogen-bond donors (Lipinski definition) is 1. The molecule has 0 saturated carbocycles. The van der Waals surface area contributed by atoms with Gasteiger partial charge in [-0.15, -0.1) is 0 Å². The largest absolute Gasteiger partial charge is 0.411 e. The third-order valence-electron chi connectivity index (χ3n) is 0.654. The van der Waals surface area contributed by atoms with E-state index in [2.05, 4.69) is 14.9 Å². The molecule has 0 saturated heterocycles. The van der Waals surface area contributed by atoms with E-state index in [-0.39, 0.29) is 10.6 Å². The van der Waals surface area contributed by atoms with Gasteiger partial charge in [-0.1, -0.05) is 5.16 Å². The summed E-state index contributed by atoms with van der Waals surface area (Å²) in [6.07, 6.45) is 2.01. The van der Waals surface area contributed by atoms with E-state index >= 15 is 0 Å². The highest BCUT2D eigenvalue weighted by Crippen LogP contribution is 1.80. The van der Waals surface area contributed by atoms with E-state index in [0.717, 1.165) is 12.4 Å². The van der Waals surface area contributed by atoms with Crippen LogP contribution in [-0.2, 0) is 0 Å². The van der Waals surface area contributed by atoms with Crippen molar-refractivity contribution in [1.82, 2.24) is 5.16 Å². The molecular formula is C3H3N3O3. The molecule has 0 atom stereocenters. The zero-order valence-electron chi connectivity index (χ0n) is 4.26. The van der Waals surface area contributed by atoms with Crippen LogP contribution in [0.25, 0.3) is 0 Å². The molecule has 0 aliphatic heterocycles. The number of rotatable bonds is 1. The quantitative estimate of drug-likeness (QED) is 0.231. The number of nitrogens with zero attached hydrogens (tertiary/aromatic N) is 3. The Morgan fingerprint density at radius 2 is 2.78 bits per heavy atom. The van der Waals surface area contributed by atoms with Crippen LogP contribution >= 0.6 is 0 Å². The SMILES string of the molecule is [O-][n+]1cc(C=NO)no1. The Kier molecular flexibility index (Phi) is 1.31. The predicted octanol–water partition coefficient (Wildman–Crippen LogP) is -0.884. The monoisotopic (exact) mass is 129 g/mol. The van der Waals surface area contributed by atoms with Gasteiger partial charge in [0.25, 0.3) is 5.69 Å². The summed E-state index contributed by atoms with van der Waals surface area (Å²) in [7, 11) is 0. The van der Waals surface area contributed by atoms with Crippen molar-refractivity contribution in [2.75, 3.05) is 0 Å². The minimum Gasteiger partial charge on any atom is -0.411 e. The Hall–Kier alpha value is -1.59. The maximum Gasteiger partial charge on any atom is 0.262 e. The van der Waals surface area contributed by atoms with Crippen LogP contribution in [0.1, 0.15) is 5.69 Å². The van der Waals surface area contributed by atoms with Crippen molar-refractivity contribution in [1.29, 1.82) is 0 Å². The van der Waals surface area contributed by atoms with E-state index in [1.165, 1.54) is 0 Å². The molecule has 9 heavy (non-hydrogen) atoms. The second-order valence-corrected chi connectivity index (χ2v) is 1.26. The average Bonchev–Trinajstić information content (AvgIpc) is 2.17. The third kappa shape index (κ3) is 1.15. The highest BCUT2D eigenvalue weighted by atomic mass is 16.8. The summed E-state index contributed by atoms with van der Waals surface area (Å²) in [5.74, 6) is 0. The standard InChI is InChI=1S/C3H3N3O3/c7-4-1-3-2-6(8)9-5-3/h1-2,7H. The lowest BCUT2D eigenvalue weighted by Crippen LogP contribution is -2.20. The van der Waals surface area contributed by atoms with Crippen LogP contribution in [0.4, 0.5) is 0 Å². The molecule has 1 rings (SSSR count). The first kappa shape index (κ1) is 5.54. The summed E-state index contributed by atoms with van der Waals surface area (Å²) < 4.78 is 4.03. The van der Waals surface area contributed by atoms with Gasteiger partial charge in [0.2, 0.25) is 0 Å². The minimum absolute atomic E-state index is 0.150. The highest BCUT2D eigenvalue weighted by Gasteiger charge is 1.99. The Balaban J connectivity index is 2.85. The lowest BCUT2D eigenvalue weighted by Gasteiger charge is -1.73. The van der Waals surface area contributed by atoms with Crippen LogP contribution in [-0.4, -0.2) is 16.6 Å². The fourth-order valence-electron chi connectivity index (χ4n) is 0.359. The minimum atomic E-state index is 0.150. The van der Waals surface area contributed by atoms with Crippen molar-refractivity contribution >= 4 is 6.21 Å². The second-order valence-electron chi connectivity index (χ2n) is 1.26. The molecule has 0 bridgehead atoms. The fourth-order valence-corrected chi connectivity index (χ4v) is 0.359. The predicted molar refractivity (Wildman–Crippen MR) is 24.8 cm³/mol. The fraction of sp³-hybridized carbons (Fsp3) is 0. The van der Waals surface area contributed by atoms with Gasteiger partial charge in [0, 0.05) is 5.16 Å². The number of oxime groups is 1. The summed E-state index contributed by atoms with van der Waals surface area (Å²) in [5.41, 5.74) is 0.174. The summed E-state index contributed by atoms with van der Waals surface area (Å²) in [6, 6.07) is 0. The van der Waals surface area contributed by atoms with E-state index in [0.29, 0.717) is 0 Å². The van der Waals surface area contributed by atoms with Crippen molar-refractivity contribution in [3.05, 3.63) is 17.1 Å². The maximum absolute atomic E-state index is 10.1.